The van der Waals surface area contributed by atoms with E-state index in [1.54, 1.807) is 6.20 Å². The van der Waals surface area contributed by atoms with E-state index in [0.717, 1.165) is 16.6 Å². The van der Waals surface area contributed by atoms with Gasteiger partial charge < -0.3 is 0 Å². The molecule has 1 rings (SSSR count). The van der Waals surface area contributed by atoms with E-state index in [1.807, 2.05) is 6.07 Å². The highest BCUT2D eigenvalue weighted by Crippen LogP contribution is 2.12. The second-order valence-corrected chi connectivity index (χ2v) is 3.58. The first kappa shape index (κ1) is 8.47. The lowest BCUT2D eigenvalue weighted by molar-refractivity contribution is 1.07. The molecule has 11 heavy (non-hydrogen) atoms. The highest BCUT2D eigenvalue weighted by molar-refractivity contribution is 9.11. The Bertz CT molecular complexity index is 268. The summed E-state index contributed by atoms with van der Waals surface area (Å²) in [4.78, 5) is 4.23. The number of halogens is 1. The van der Waals surface area contributed by atoms with E-state index in [9.17, 15) is 0 Å². The Balaban J connectivity index is 2.86. The van der Waals surface area contributed by atoms with Crippen molar-refractivity contribution < 1.29 is 0 Å². The van der Waals surface area contributed by atoms with Crippen LogP contribution in [0.15, 0.2) is 29.4 Å². The van der Waals surface area contributed by atoms with Gasteiger partial charge in [-0.1, -0.05) is 28.6 Å². The third-order valence-corrected chi connectivity index (χ3v) is 1.76. The number of aryl methyl sites for hydroxylation is 1. The second kappa shape index (κ2) is 3.67. The van der Waals surface area contributed by atoms with E-state index in [0.29, 0.717) is 0 Å². The highest BCUT2D eigenvalue weighted by Gasteiger charge is 1.97. The largest absolute Gasteiger partial charge is 0.261 e. The van der Waals surface area contributed by atoms with Crippen LogP contribution >= 0.6 is 15.9 Å². The van der Waals surface area contributed by atoms with Crippen LogP contribution in [-0.4, -0.2) is 4.98 Å². The molecule has 0 aromatic carbocycles. The lowest BCUT2D eigenvalue weighted by atomic mass is 10.2. The minimum absolute atomic E-state index is 0.812. The summed E-state index contributed by atoms with van der Waals surface area (Å²) in [5.74, 6) is 0. The molecule has 0 aliphatic carbocycles. The van der Waals surface area contributed by atoms with Crippen LogP contribution < -0.4 is 0 Å². The molecule has 0 aliphatic rings. The van der Waals surface area contributed by atoms with Gasteiger partial charge in [0, 0.05) is 18.3 Å². The van der Waals surface area contributed by atoms with Gasteiger partial charge in [-0.3, -0.25) is 4.98 Å². The number of aromatic nitrogens is 1. The molecule has 1 aromatic heterocycles. The van der Waals surface area contributed by atoms with Crippen molar-refractivity contribution in [2.75, 3.05) is 0 Å². The van der Waals surface area contributed by atoms with Crippen LogP contribution in [-0.2, 0) is 6.42 Å². The summed E-state index contributed by atoms with van der Waals surface area (Å²) in [7, 11) is 0. The summed E-state index contributed by atoms with van der Waals surface area (Å²) in [6, 6.07) is 3.99. The van der Waals surface area contributed by atoms with Crippen molar-refractivity contribution in [2.24, 2.45) is 0 Å². The Hall–Kier alpha value is -0.630. The molecule has 0 unspecified atom stereocenters. The van der Waals surface area contributed by atoms with Crippen molar-refractivity contribution in [1.29, 1.82) is 0 Å². The minimum Gasteiger partial charge on any atom is -0.261 e. The summed E-state index contributed by atoms with van der Waals surface area (Å²) < 4.78 is 0.972. The third-order valence-electron chi connectivity index (χ3n) is 1.48. The number of rotatable bonds is 2. The predicted octanol–water partition coefficient (Wildman–Crippen LogP) is 2.84. The van der Waals surface area contributed by atoms with Crippen LogP contribution in [0.3, 0.4) is 0 Å². The van der Waals surface area contributed by atoms with Gasteiger partial charge in [-0.05, 0) is 23.0 Å². The first-order chi connectivity index (χ1) is 5.20. The molecular weight excluding hydrogens is 202 g/mol. The molecule has 2 heteroatoms. The van der Waals surface area contributed by atoms with E-state index < -0.39 is 0 Å². The Kier molecular flexibility index (Phi) is 2.83. The van der Waals surface area contributed by atoms with Gasteiger partial charge in [-0.25, -0.2) is 0 Å². The molecule has 0 saturated heterocycles. The Morgan fingerprint density at radius 3 is 3.00 bits per heavy atom. The van der Waals surface area contributed by atoms with Crippen LogP contribution in [0.1, 0.15) is 11.3 Å². The lowest BCUT2D eigenvalue weighted by Gasteiger charge is -2.01. The average molecular weight is 212 g/mol. The number of hydrogen-bond donors (Lipinski definition) is 0. The van der Waals surface area contributed by atoms with Gasteiger partial charge in [-0.15, -0.1) is 0 Å². The van der Waals surface area contributed by atoms with Gasteiger partial charge in [0.2, 0.25) is 0 Å². The molecule has 0 fully saturated rings. The fourth-order valence-electron chi connectivity index (χ4n) is 0.885. The topological polar surface area (TPSA) is 12.9 Å². The number of nitrogens with zero attached hydrogens (tertiary/aromatic N) is 1. The molecule has 0 bridgehead atoms. The van der Waals surface area contributed by atoms with Gasteiger partial charge in [0.15, 0.2) is 0 Å². The quantitative estimate of drug-likeness (QED) is 0.734. The molecule has 0 atom stereocenters. The summed E-state index contributed by atoms with van der Waals surface area (Å²) in [5, 5.41) is 0. The van der Waals surface area contributed by atoms with E-state index in [4.69, 9.17) is 0 Å². The molecule has 1 aromatic rings. The standard InChI is InChI=1S/C9H10BrN/c1-7-4-3-5-11-9(7)6-8(2)10/h3-5H,2,6H2,1H3. The van der Waals surface area contributed by atoms with Gasteiger partial charge in [-0.2, -0.15) is 0 Å². The minimum atomic E-state index is 0.812. The summed E-state index contributed by atoms with van der Waals surface area (Å²) in [5.41, 5.74) is 2.31. The van der Waals surface area contributed by atoms with Crippen molar-refractivity contribution in [1.82, 2.24) is 4.98 Å². The SMILES string of the molecule is C=C(Br)Cc1ncccc1C. The maximum absolute atomic E-state index is 4.23. The molecule has 0 saturated carbocycles. The molecular formula is C9H10BrN. The normalized spacial score (nSPS) is 9.64. The van der Waals surface area contributed by atoms with Crippen molar-refractivity contribution >= 4 is 15.9 Å². The van der Waals surface area contributed by atoms with Crippen LogP contribution in [0.2, 0.25) is 0 Å². The molecule has 0 aliphatic heterocycles. The number of hydrogen-bond acceptors (Lipinski definition) is 1. The molecule has 0 spiro atoms. The zero-order chi connectivity index (χ0) is 8.27. The van der Waals surface area contributed by atoms with Gasteiger partial charge in [0.1, 0.15) is 0 Å². The van der Waals surface area contributed by atoms with Gasteiger partial charge in [0.05, 0.1) is 0 Å². The first-order valence-corrected chi connectivity index (χ1v) is 4.23. The second-order valence-electron chi connectivity index (χ2n) is 2.46. The van der Waals surface area contributed by atoms with Crippen molar-refractivity contribution in [3.63, 3.8) is 0 Å². The Morgan fingerprint density at radius 1 is 1.73 bits per heavy atom. The monoisotopic (exact) mass is 211 g/mol. The Morgan fingerprint density at radius 2 is 2.45 bits per heavy atom. The first-order valence-electron chi connectivity index (χ1n) is 3.44. The Labute approximate surface area is 75.3 Å². The maximum atomic E-state index is 4.23. The van der Waals surface area contributed by atoms with Crippen molar-refractivity contribution in [2.45, 2.75) is 13.3 Å². The maximum Gasteiger partial charge on any atom is 0.0481 e. The third kappa shape index (κ3) is 2.46. The molecule has 1 heterocycles. The molecule has 1 nitrogen and oxygen atoms in total. The summed E-state index contributed by atoms with van der Waals surface area (Å²) in [6.07, 6.45) is 2.62. The fourth-order valence-corrected chi connectivity index (χ4v) is 1.15. The van der Waals surface area contributed by atoms with Gasteiger partial charge in [0.25, 0.3) is 0 Å². The summed E-state index contributed by atoms with van der Waals surface area (Å²) in [6.45, 7) is 5.82. The number of allylic oxidation sites excluding steroid dienone is 1. The molecule has 0 amide bonds. The van der Waals surface area contributed by atoms with Crippen LogP contribution in [0, 0.1) is 6.92 Å². The van der Waals surface area contributed by atoms with Crippen LogP contribution in [0.5, 0.6) is 0 Å². The fraction of sp³-hybridized carbons (Fsp3) is 0.222. The lowest BCUT2D eigenvalue weighted by Crippen LogP contribution is -1.91. The van der Waals surface area contributed by atoms with Crippen molar-refractivity contribution in [3.8, 4) is 0 Å². The zero-order valence-electron chi connectivity index (χ0n) is 6.47. The molecule has 0 radical (unpaired) electrons. The number of pyridine rings is 1. The van der Waals surface area contributed by atoms with Crippen molar-refractivity contribution in [3.05, 3.63) is 40.6 Å². The van der Waals surface area contributed by atoms with Crippen LogP contribution in [0.4, 0.5) is 0 Å². The van der Waals surface area contributed by atoms with E-state index in [-0.39, 0.29) is 0 Å². The smallest absolute Gasteiger partial charge is 0.0481 e. The summed E-state index contributed by atoms with van der Waals surface area (Å²) >= 11 is 3.31. The van der Waals surface area contributed by atoms with E-state index >= 15 is 0 Å². The van der Waals surface area contributed by atoms with E-state index in [2.05, 4.69) is 40.5 Å². The molecule has 58 valence electrons. The van der Waals surface area contributed by atoms with Crippen LogP contribution in [0.25, 0.3) is 0 Å². The predicted molar refractivity (Wildman–Crippen MR) is 50.7 cm³/mol. The zero-order valence-corrected chi connectivity index (χ0v) is 8.06. The van der Waals surface area contributed by atoms with Gasteiger partial charge >= 0.3 is 0 Å². The molecule has 0 N–H and O–H groups in total. The average Bonchev–Trinajstić information content (AvgIpc) is 1.93. The van der Waals surface area contributed by atoms with E-state index in [1.165, 1.54) is 5.56 Å². The highest BCUT2D eigenvalue weighted by atomic mass is 79.9.